The minimum absolute atomic E-state index is 0.00767. The van der Waals surface area contributed by atoms with Crippen LogP contribution in [0.5, 0.6) is 0 Å². The molecule has 0 aliphatic heterocycles. The van der Waals surface area contributed by atoms with Gasteiger partial charge >= 0.3 is 0 Å². The van der Waals surface area contributed by atoms with Crippen LogP contribution in [0, 0.1) is 17.2 Å². The number of rotatable bonds is 3. The van der Waals surface area contributed by atoms with E-state index in [0.717, 1.165) is 29.7 Å². The standard InChI is InChI=1S/C21H24FN3O2S2/c1-21(2,3)11-8-9-13-15(10-11)29-19(16(13)17(23)26)25-20(28)24-18(27)12-6-4-5-7-14(12)22/h4-7,11H,8-10H2,1-3H3,(H2,23,26)(H2,24,25,27,28)/t11-/m0/s1. The van der Waals surface area contributed by atoms with E-state index in [0.29, 0.717) is 16.5 Å². The van der Waals surface area contributed by atoms with Crippen molar-refractivity contribution in [3.8, 4) is 0 Å². The number of thiophene rings is 1. The Balaban J connectivity index is 1.80. The van der Waals surface area contributed by atoms with Crippen LogP contribution in [0.15, 0.2) is 24.3 Å². The number of nitrogens with one attached hydrogen (secondary N) is 2. The number of halogens is 1. The van der Waals surface area contributed by atoms with Gasteiger partial charge in [0.25, 0.3) is 11.8 Å². The summed E-state index contributed by atoms with van der Waals surface area (Å²) in [5.41, 5.74) is 7.10. The van der Waals surface area contributed by atoms with E-state index in [9.17, 15) is 14.0 Å². The number of thiocarbonyl (C=S) groups is 1. The summed E-state index contributed by atoms with van der Waals surface area (Å²) in [6.07, 6.45) is 2.64. The van der Waals surface area contributed by atoms with Gasteiger partial charge in [-0.3, -0.25) is 14.9 Å². The van der Waals surface area contributed by atoms with Gasteiger partial charge in [0.2, 0.25) is 0 Å². The number of hydrogen-bond acceptors (Lipinski definition) is 4. The van der Waals surface area contributed by atoms with Crippen molar-refractivity contribution in [2.75, 3.05) is 5.32 Å². The first-order valence-electron chi connectivity index (χ1n) is 9.39. The highest BCUT2D eigenvalue weighted by atomic mass is 32.1. The van der Waals surface area contributed by atoms with Crippen LogP contribution in [0.2, 0.25) is 0 Å². The summed E-state index contributed by atoms with van der Waals surface area (Å²) in [5, 5.41) is 5.89. The summed E-state index contributed by atoms with van der Waals surface area (Å²) in [4.78, 5) is 25.5. The van der Waals surface area contributed by atoms with Gasteiger partial charge in [0, 0.05) is 4.88 Å². The van der Waals surface area contributed by atoms with E-state index in [1.54, 1.807) is 6.07 Å². The molecule has 3 rings (SSSR count). The largest absolute Gasteiger partial charge is 0.365 e. The maximum absolute atomic E-state index is 13.8. The Kier molecular flexibility index (Phi) is 6.05. The Bertz CT molecular complexity index is 979. The summed E-state index contributed by atoms with van der Waals surface area (Å²) in [6.45, 7) is 6.66. The molecule has 2 amide bonds. The molecule has 1 aromatic heterocycles. The normalized spacial score (nSPS) is 16.1. The molecule has 154 valence electrons. The highest BCUT2D eigenvalue weighted by Crippen LogP contribution is 2.44. The second-order valence-corrected chi connectivity index (χ2v) is 9.78. The van der Waals surface area contributed by atoms with Gasteiger partial charge in [-0.2, -0.15) is 0 Å². The summed E-state index contributed by atoms with van der Waals surface area (Å²) in [7, 11) is 0. The highest BCUT2D eigenvalue weighted by Gasteiger charge is 2.33. The van der Waals surface area contributed by atoms with Gasteiger partial charge in [-0.15, -0.1) is 11.3 Å². The molecule has 0 saturated heterocycles. The monoisotopic (exact) mass is 433 g/mol. The molecule has 0 bridgehead atoms. The molecule has 4 N–H and O–H groups in total. The minimum atomic E-state index is -0.657. The van der Waals surface area contributed by atoms with Gasteiger partial charge < -0.3 is 11.1 Å². The maximum Gasteiger partial charge on any atom is 0.260 e. The van der Waals surface area contributed by atoms with Gasteiger partial charge in [0.15, 0.2) is 5.11 Å². The number of carbonyl (C=O) groups is 2. The number of hydrogen-bond donors (Lipinski definition) is 3. The Morgan fingerprint density at radius 1 is 1.28 bits per heavy atom. The molecule has 0 fully saturated rings. The molecule has 1 aliphatic carbocycles. The average molecular weight is 434 g/mol. The number of carbonyl (C=O) groups excluding carboxylic acids is 2. The molecular formula is C21H24FN3O2S2. The zero-order chi connectivity index (χ0) is 21.3. The van der Waals surface area contributed by atoms with Crippen molar-refractivity contribution in [1.82, 2.24) is 5.32 Å². The number of fused-ring (bicyclic) bond motifs is 1. The molecule has 1 atom stereocenters. The van der Waals surface area contributed by atoms with E-state index < -0.39 is 17.6 Å². The number of amides is 2. The Labute approximate surface area is 178 Å². The molecule has 1 aromatic carbocycles. The average Bonchev–Trinajstić information content (AvgIpc) is 2.98. The molecule has 0 spiro atoms. The van der Waals surface area contributed by atoms with Crippen LogP contribution in [0.25, 0.3) is 0 Å². The van der Waals surface area contributed by atoms with Crippen molar-refractivity contribution in [2.45, 2.75) is 40.0 Å². The highest BCUT2D eigenvalue weighted by molar-refractivity contribution is 7.80. The van der Waals surface area contributed by atoms with Crippen molar-refractivity contribution in [3.05, 3.63) is 51.7 Å². The SMILES string of the molecule is CC(C)(C)[C@H]1CCc2c(sc(NC(=S)NC(=O)c3ccccc3F)c2C(N)=O)C1. The lowest BCUT2D eigenvalue weighted by molar-refractivity contribution is 0.0971. The molecule has 1 aliphatic rings. The quantitative estimate of drug-likeness (QED) is 0.632. The van der Waals surface area contributed by atoms with Crippen molar-refractivity contribution >= 4 is 45.5 Å². The van der Waals surface area contributed by atoms with Crippen LogP contribution < -0.4 is 16.4 Å². The van der Waals surface area contributed by atoms with Crippen LogP contribution in [0.1, 0.15) is 58.3 Å². The Morgan fingerprint density at radius 2 is 1.97 bits per heavy atom. The van der Waals surface area contributed by atoms with Crippen molar-refractivity contribution in [1.29, 1.82) is 0 Å². The number of primary amides is 1. The van der Waals surface area contributed by atoms with Crippen molar-refractivity contribution < 1.29 is 14.0 Å². The van der Waals surface area contributed by atoms with Gasteiger partial charge in [0.05, 0.1) is 11.1 Å². The number of nitrogens with two attached hydrogens (primary N) is 1. The van der Waals surface area contributed by atoms with Crippen LogP contribution in [-0.4, -0.2) is 16.9 Å². The van der Waals surface area contributed by atoms with Crippen molar-refractivity contribution in [3.63, 3.8) is 0 Å². The molecule has 5 nitrogen and oxygen atoms in total. The molecule has 0 unspecified atom stereocenters. The minimum Gasteiger partial charge on any atom is -0.365 e. The molecule has 29 heavy (non-hydrogen) atoms. The third kappa shape index (κ3) is 4.64. The maximum atomic E-state index is 13.8. The first-order chi connectivity index (χ1) is 13.6. The fourth-order valence-electron chi connectivity index (χ4n) is 3.62. The second kappa shape index (κ2) is 8.20. The zero-order valence-electron chi connectivity index (χ0n) is 16.6. The van der Waals surface area contributed by atoms with Crippen molar-refractivity contribution in [2.24, 2.45) is 17.1 Å². The number of benzene rings is 1. The molecule has 8 heteroatoms. The van der Waals surface area contributed by atoms with Gasteiger partial charge in [-0.05, 0) is 60.5 Å². The van der Waals surface area contributed by atoms with E-state index in [-0.39, 0.29) is 16.1 Å². The van der Waals surface area contributed by atoms with Gasteiger partial charge in [-0.1, -0.05) is 32.9 Å². The second-order valence-electron chi connectivity index (χ2n) is 8.27. The summed E-state index contributed by atoms with van der Waals surface area (Å²) in [6, 6.07) is 5.65. The predicted molar refractivity (Wildman–Crippen MR) is 118 cm³/mol. The van der Waals surface area contributed by atoms with Gasteiger partial charge in [-0.25, -0.2) is 4.39 Å². The van der Waals surface area contributed by atoms with E-state index in [2.05, 4.69) is 31.4 Å². The summed E-state index contributed by atoms with van der Waals surface area (Å²) < 4.78 is 13.8. The summed E-state index contributed by atoms with van der Waals surface area (Å²) >= 11 is 6.65. The lowest BCUT2D eigenvalue weighted by atomic mass is 9.72. The zero-order valence-corrected chi connectivity index (χ0v) is 18.2. The molecule has 2 aromatic rings. The van der Waals surface area contributed by atoms with Crippen LogP contribution in [-0.2, 0) is 12.8 Å². The third-order valence-corrected chi connectivity index (χ3v) is 6.68. The first kappa shape index (κ1) is 21.4. The van der Waals surface area contributed by atoms with E-state index in [4.69, 9.17) is 18.0 Å². The molecule has 1 heterocycles. The Hall–Kier alpha value is -2.32. The lowest BCUT2D eigenvalue weighted by Crippen LogP contribution is -2.35. The molecule has 0 radical (unpaired) electrons. The number of anilines is 1. The summed E-state index contributed by atoms with van der Waals surface area (Å²) in [5.74, 6) is -1.31. The third-order valence-electron chi connectivity index (χ3n) is 5.31. The lowest BCUT2D eigenvalue weighted by Gasteiger charge is -2.33. The fourth-order valence-corrected chi connectivity index (χ4v) is 5.22. The van der Waals surface area contributed by atoms with E-state index >= 15 is 0 Å². The van der Waals surface area contributed by atoms with E-state index in [1.807, 2.05) is 0 Å². The molecule has 0 saturated carbocycles. The smallest absolute Gasteiger partial charge is 0.260 e. The fraction of sp³-hybridized carbons (Fsp3) is 0.381. The van der Waals surface area contributed by atoms with Crippen LogP contribution in [0.4, 0.5) is 9.39 Å². The first-order valence-corrected chi connectivity index (χ1v) is 10.6. The van der Waals surface area contributed by atoms with Crippen LogP contribution >= 0.6 is 23.6 Å². The Morgan fingerprint density at radius 3 is 2.59 bits per heavy atom. The van der Waals surface area contributed by atoms with Crippen LogP contribution in [0.3, 0.4) is 0 Å². The van der Waals surface area contributed by atoms with Gasteiger partial charge in [0.1, 0.15) is 10.8 Å². The topological polar surface area (TPSA) is 84.2 Å². The predicted octanol–water partition coefficient (Wildman–Crippen LogP) is 4.26. The van der Waals surface area contributed by atoms with E-state index in [1.165, 1.54) is 29.5 Å². The molecular weight excluding hydrogens is 409 g/mol.